The van der Waals surface area contributed by atoms with Crippen molar-refractivity contribution in [3.05, 3.63) is 18.0 Å². The van der Waals surface area contributed by atoms with Crippen molar-refractivity contribution in [3.8, 4) is 0 Å². The number of likely N-dealkylation sites (tertiary alicyclic amines) is 1. The van der Waals surface area contributed by atoms with Crippen LogP contribution in [0.3, 0.4) is 0 Å². The Bertz CT molecular complexity index is 462. The molecule has 2 saturated heterocycles. The van der Waals surface area contributed by atoms with Crippen molar-refractivity contribution >= 4 is 5.91 Å². The van der Waals surface area contributed by atoms with Gasteiger partial charge in [-0.25, -0.2) is 0 Å². The van der Waals surface area contributed by atoms with Gasteiger partial charge in [0.15, 0.2) is 0 Å². The summed E-state index contributed by atoms with van der Waals surface area (Å²) in [7, 11) is 1.93. The fraction of sp³-hybridized carbons (Fsp3) is 0.733. The van der Waals surface area contributed by atoms with Crippen molar-refractivity contribution < 1.29 is 4.79 Å². The van der Waals surface area contributed by atoms with E-state index in [9.17, 15) is 4.79 Å². The number of hydrogen-bond donors (Lipinski definition) is 1. The first-order chi connectivity index (χ1) is 9.75. The largest absolute Gasteiger partial charge is 0.342 e. The van der Waals surface area contributed by atoms with E-state index >= 15 is 0 Å². The highest BCUT2D eigenvalue weighted by atomic mass is 16.2. The molecule has 2 fully saturated rings. The number of rotatable bonds is 2. The molecule has 3 heterocycles. The van der Waals surface area contributed by atoms with Gasteiger partial charge in [0.1, 0.15) is 0 Å². The zero-order chi connectivity index (χ0) is 13.9. The van der Waals surface area contributed by atoms with Crippen molar-refractivity contribution in [2.24, 2.45) is 13.0 Å². The summed E-state index contributed by atoms with van der Waals surface area (Å²) in [4.78, 5) is 14.9. The van der Waals surface area contributed by atoms with E-state index in [0.717, 1.165) is 39.0 Å². The van der Waals surface area contributed by atoms with Crippen LogP contribution >= 0.6 is 0 Å². The summed E-state index contributed by atoms with van der Waals surface area (Å²) in [6.07, 6.45) is 8.78. The van der Waals surface area contributed by atoms with E-state index in [1.165, 1.54) is 18.4 Å². The second-order valence-corrected chi connectivity index (χ2v) is 6.06. The van der Waals surface area contributed by atoms with Crippen LogP contribution in [0.2, 0.25) is 0 Å². The smallest absolute Gasteiger partial charge is 0.227 e. The predicted molar refractivity (Wildman–Crippen MR) is 77.4 cm³/mol. The normalized spacial score (nSPS) is 27.6. The lowest BCUT2D eigenvalue weighted by molar-refractivity contribution is -0.135. The number of carbonyl (C=O) groups excluding carboxylic acids is 1. The molecule has 20 heavy (non-hydrogen) atoms. The van der Waals surface area contributed by atoms with Crippen LogP contribution in [-0.2, 0) is 11.8 Å². The molecule has 0 bridgehead atoms. The number of aryl methyl sites for hydroxylation is 1. The van der Waals surface area contributed by atoms with Crippen molar-refractivity contribution in [2.45, 2.75) is 31.6 Å². The van der Waals surface area contributed by atoms with Gasteiger partial charge >= 0.3 is 0 Å². The molecule has 1 aromatic rings. The lowest BCUT2D eigenvalue weighted by Gasteiger charge is -2.26. The minimum Gasteiger partial charge on any atom is -0.342 e. The number of aromatic nitrogens is 2. The lowest BCUT2D eigenvalue weighted by Crippen LogP contribution is -2.39. The van der Waals surface area contributed by atoms with Crippen molar-refractivity contribution in [2.75, 3.05) is 26.2 Å². The molecule has 110 valence electrons. The summed E-state index contributed by atoms with van der Waals surface area (Å²) in [5.74, 6) is 0.697. The Kier molecular flexibility index (Phi) is 4.05. The van der Waals surface area contributed by atoms with Gasteiger partial charge in [0.2, 0.25) is 5.91 Å². The molecule has 2 aliphatic heterocycles. The number of amides is 1. The van der Waals surface area contributed by atoms with E-state index in [1.54, 1.807) is 0 Å². The highest BCUT2D eigenvalue weighted by molar-refractivity contribution is 5.80. The number of nitrogens with one attached hydrogen (secondary N) is 1. The highest BCUT2D eigenvalue weighted by Crippen LogP contribution is 2.29. The zero-order valence-corrected chi connectivity index (χ0v) is 12.2. The predicted octanol–water partition coefficient (Wildman–Crippen LogP) is 1.13. The van der Waals surface area contributed by atoms with E-state index in [1.807, 2.05) is 24.1 Å². The first-order valence-electron chi connectivity index (χ1n) is 7.74. The summed E-state index contributed by atoms with van der Waals surface area (Å²) in [5, 5.41) is 7.63. The number of nitrogens with zero attached hydrogens (tertiary/aromatic N) is 3. The van der Waals surface area contributed by atoms with Gasteiger partial charge < -0.3 is 10.2 Å². The Morgan fingerprint density at radius 2 is 2.00 bits per heavy atom. The molecule has 2 atom stereocenters. The van der Waals surface area contributed by atoms with Crippen LogP contribution < -0.4 is 5.32 Å². The van der Waals surface area contributed by atoms with Gasteiger partial charge in [-0.1, -0.05) is 12.8 Å². The Balaban J connectivity index is 1.72. The maximum absolute atomic E-state index is 12.8. The molecule has 0 spiro atoms. The number of hydrogen-bond acceptors (Lipinski definition) is 3. The monoisotopic (exact) mass is 276 g/mol. The van der Waals surface area contributed by atoms with Crippen LogP contribution in [0.15, 0.2) is 12.4 Å². The molecular weight excluding hydrogens is 252 g/mol. The fourth-order valence-electron chi connectivity index (χ4n) is 3.45. The van der Waals surface area contributed by atoms with E-state index in [-0.39, 0.29) is 11.8 Å². The van der Waals surface area contributed by atoms with E-state index in [2.05, 4.69) is 15.3 Å². The molecule has 0 saturated carbocycles. The summed E-state index contributed by atoms with van der Waals surface area (Å²) in [5.41, 5.74) is 1.19. The first kappa shape index (κ1) is 13.6. The molecule has 0 radical (unpaired) electrons. The van der Waals surface area contributed by atoms with Gasteiger partial charge in [-0.15, -0.1) is 0 Å². The quantitative estimate of drug-likeness (QED) is 0.881. The fourth-order valence-corrected chi connectivity index (χ4v) is 3.45. The molecule has 0 aliphatic carbocycles. The third-order valence-electron chi connectivity index (χ3n) is 4.60. The van der Waals surface area contributed by atoms with Crippen LogP contribution in [-0.4, -0.2) is 46.8 Å². The molecular formula is C15H24N4O. The third kappa shape index (κ3) is 2.73. The molecule has 5 nitrogen and oxygen atoms in total. The SMILES string of the molecule is Cn1cc([C@H]2CNC[C@@H]2C(=O)N2CCCCCC2)cn1. The number of carbonyl (C=O) groups is 1. The van der Waals surface area contributed by atoms with Crippen molar-refractivity contribution in [1.82, 2.24) is 20.0 Å². The van der Waals surface area contributed by atoms with Gasteiger partial charge in [-0.3, -0.25) is 9.48 Å². The van der Waals surface area contributed by atoms with Crippen molar-refractivity contribution in [3.63, 3.8) is 0 Å². The maximum Gasteiger partial charge on any atom is 0.227 e. The molecule has 1 N–H and O–H groups in total. The summed E-state index contributed by atoms with van der Waals surface area (Å²) in [6, 6.07) is 0. The van der Waals surface area contributed by atoms with E-state index in [0.29, 0.717) is 5.91 Å². The average molecular weight is 276 g/mol. The summed E-state index contributed by atoms with van der Waals surface area (Å²) in [6.45, 7) is 3.56. The standard InChI is InChI=1S/C15H24N4O/c1-18-11-12(8-17-18)13-9-16-10-14(13)15(20)19-6-4-2-3-5-7-19/h8,11,13-14,16H,2-7,9-10H2,1H3/t13-,14+/m1/s1. The zero-order valence-electron chi connectivity index (χ0n) is 12.2. The van der Waals surface area contributed by atoms with Gasteiger partial charge in [-0.2, -0.15) is 5.10 Å². The molecule has 3 rings (SSSR count). The van der Waals surface area contributed by atoms with Crippen LogP contribution in [0.1, 0.15) is 37.2 Å². The Labute approximate surface area is 120 Å². The Morgan fingerprint density at radius 3 is 2.65 bits per heavy atom. The molecule has 0 aromatic carbocycles. The second-order valence-electron chi connectivity index (χ2n) is 6.06. The van der Waals surface area contributed by atoms with Gasteiger partial charge in [0.25, 0.3) is 0 Å². The second kappa shape index (κ2) is 5.95. The van der Waals surface area contributed by atoms with Gasteiger partial charge in [0.05, 0.1) is 12.1 Å². The van der Waals surface area contributed by atoms with Crippen LogP contribution in [0.25, 0.3) is 0 Å². The highest BCUT2D eigenvalue weighted by Gasteiger charge is 2.36. The topological polar surface area (TPSA) is 50.2 Å². The average Bonchev–Trinajstić information content (AvgIpc) is 2.99. The van der Waals surface area contributed by atoms with Gasteiger partial charge in [-0.05, 0) is 18.4 Å². The molecule has 5 heteroatoms. The van der Waals surface area contributed by atoms with Crippen LogP contribution in [0.5, 0.6) is 0 Å². The molecule has 0 unspecified atom stereocenters. The van der Waals surface area contributed by atoms with Crippen LogP contribution in [0, 0.1) is 5.92 Å². The van der Waals surface area contributed by atoms with Gasteiger partial charge in [0, 0.05) is 45.3 Å². The molecule has 2 aliphatic rings. The van der Waals surface area contributed by atoms with E-state index in [4.69, 9.17) is 0 Å². The summed E-state index contributed by atoms with van der Waals surface area (Å²) < 4.78 is 1.82. The van der Waals surface area contributed by atoms with E-state index < -0.39 is 0 Å². The first-order valence-corrected chi connectivity index (χ1v) is 7.74. The Hall–Kier alpha value is -1.36. The maximum atomic E-state index is 12.8. The lowest BCUT2D eigenvalue weighted by atomic mass is 9.89. The van der Waals surface area contributed by atoms with Crippen LogP contribution in [0.4, 0.5) is 0 Å². The van der Waals surface area contributed by atoms with Crippen molar-refractivity contribution in [1.29, 1.82) is 0 Å². The third-order valence-corrected chi connectivity index (χ3v) is 4.60. The minimum atomic E-state index is 0.0808. The Morgan fingerprint density at radius 1 is 1.25 bits per heavy atom. The summed E-state index contributed by atoms with van der Waals surface area (Å²) >= 11 is 0. The molecule has 1 amide bonds. The molecule has 1 aromatic heterocycles. The minimum absolute atomic E-state index is 0.0808.